The van der Waals surface area contributed by atoms with Gasteiger partial charge in [0, 0.05) is 25.4 Å². The monoisotopic (exact) mass is 229 g/mol. The van der Waals surface area contributed by atoms with Crippen LogP contribution in [-0.4, -0.2) is 29.7 Å². The van der Waals surface area contributed by atoms with E-state index >= 15 is 0 Å². The van der Waals surface area contributed by atoms with Crippen molar-refractivity contribution < 1.29 is 0 Å². The lowest BCUT2D eigenvalue weighted by molar-refractivity contribution is 0.554. The van der Waals surface area contributed by atoms with Crippen LogP contribution in [0.15, 0.2) is 60.6 Å². The molecule has 0 unspecified atom stereocenters. The zero-order chi connectivity index (χ0) is 13.2. The summed E-state index contributed by atoms with van der Waals surface area (Å²) in [6, 6.07) is 0. The minimum atomic E-state index is 0.360. The molecule has 0 fully saturated rings. The molecule has 0 saturated heterocycles. The van der Waals surface area contributed by atoms with Crippen LogP contribution in [0, 0.1) is 5.41 Å². The molecular formula is C14H19N3. The van der Waals surface area contributed by atoms with Gasteiger partial charge in [-0.2, -0.15) is 0 Å². The van der Waals surface area contributed by atoms with Crippen molar-refractivity contribution in [3.8, 4) is 0 Å². The molecule has 0 aliphatic carbocycles. The third-order valence-corrected chi connectivity index (χ3v) is 2.90. The Balaban J connectivity index is 3.49. The Morgan fingerprint density at radius 3 is 2.18 bits per heavy atom. The highest BCUT2D eigenvalue weighted by atomic mass is 15.2. The Hall–Kier alpha value is -2.03. The van der Waals surface area contributed by atoms with Crippen LogP contribution in [0.4, 0.5) is 0 Å². The molecule has 1 rings (SSSR count). The van der Waals surface area contributed by atoms with E-state index in [-0.39, 0.29) is 0 Å². The van der Waals surface area contributed by atoms with Crippen molar-refractivity contribution in [3.63, 3.8) is 0 Å². The summed E-state index contributed by atoms with van der Waals surface area (Å²) >= 11 is 0. The van der Waals surface area contributed by atoms with Crippen LogP contribution in [0.25, 0.3) is 0 Å². The van der Waals surface area contributed by atoms with Crippen molar-refractivity contribution >= 4 is 5.84 Å². The van der Waals surface area contributed by atoms with E-state index in [1.54, 1.807) is 11.0 Å². The van der Waals surface area contributed by atoms with E-state index in [1.165, 1.54) is 0 Å². The fourth-order valence-electron chi connectivity index (χ4n) is 1.73. The third-order valence-electron chi connectivity index (χ3n) is 2.90. The van der Waals surface area contributed by atoms with Crippen LogP contribution in [-0.2, 0) is 0 Å². The van der Waals surface area contributed by atoms with E-state index in [0.29, 0.717) is 11.5 Å². The number of allylic oxidation sites excluding steroid dienone is 3. The molecule has 3 heteroatoms. The minimum absolute atomic E-state index is 0.360. The van der Waals surface area contributed by atoms with Gasteiger partial charge in [0.2, 0.25) is 0 Å². The molecule has 0 aromatic heterocycles. The van der Waals surface area contributed by atoms with Crippen molar-refractivity contribution in [2.24, 2.45) is 0 Å². The first kappa shape index (κ1) is 13.0. The van der Waals surface area contributed by atoms with Gasteiger partial charge < -0.3 is 9.80 Å². The normalized spacial score (nSPS) is 18.2. The number of rotatable bonds is 2. The third kappa shape index (κ3) is 2.09. The van der Waals surface area contributed by atoms with E-state index in [4.69, 9.17) is 5.41 Å². The van der Waals surface area contributed by atoms with E-state index in [2.05, 4.69) is 19.7 Å². The molecule has 1 aliphatic rings. The highest BCUT2D eigenvalue weighted by Crippen LogP contribution is 2.28. The zero-order valence-corrected chi connectivity index (χ0v) is 10.7. The molecule has 1 heterocycles. The van der Waals surface area contributed by atoms with Crippen molar-refractivity contribution in [2.75, 3.05) is 14.1 Å². The predicted molar refractivity (Wildman–Crippen MR) is 73.6 cm³/mol. The molecule has 1 N–H and O–H groups in total. The number of likely N-dealkylation sites (N-methyl/N-ethyl adjacent to an activating group) is 2. The van der Waals surface area contributed by atoms with Crippen LogP contribution in [0.1, 0.15) is 6.92 Å². The average Bonchev–Trinajstić information content (AvgIpc) is 2.38. The maximum Gasteiger partial charge on any atom is 0.148 e. The van der Waals surface area contributed by atoms with Crippen LogP contribution >= 0.6 is 0 Å². The molecule has 0 aromatic rings. The lowest BCUT2D eigenvalue weighted by Crippen LogP contribution is -2.29. The molecule has 0 atom stereocenters. The fraction of sp³-hybridized carbons (Fsp3) is 0.214. The van der Waals surface area contributed by atoms with Crippen LogP contribution in [0.5, 0.6) is 0 Å². The second-order valence-corrected chi connectivity index (χ2v) is 3.86. The van der Waals surface area contributed by atoms with Gasteiger partial charge in [0.1, 0.15) is 5.84 Å². The van der Waals surface area contributed by atoms with Crippen LogP contribution < -0.4 is 0 Å². The zero-order valence-electron chi connectivity index (χ0n) is 10.7. The molecule has 0 spiro atoms. The maximum atomic E-state index is 8.08. The van der Waals surface area contributed by atoms with Gasteiger partial charge in [-0.05, 0) is 13.0 Å². The highest BCUT2D eigenvalue weighted by Gasteiger charge is 2.24. The summed E-state index contributed by atoms with van der Waals surface area (Å²) in [7, 11) is 3.70. The summed E-state index contributed by atoms with van der Waals surface area (Å²) in [5.74, 6) is 0.360. The van der Waals surface area contributed by atoms with Gasteiger partial charge in [0.05, 0.1) is 11.4 Å². The Kier molecular flexibility index (Phi) is 3.73. The Morgan fingerprint density at radius 2 is 1.71 bits per heavy atom. The Bertz CT molecular complexity index is 452. The Morgan fingerprint density at radius 1 is 1.12 bits per heavy atom. The first-order chi connectivity index (χ1) is 7.95. The smallest absolute Gasteiger partial charge is 0.148 e. The predicted octanol–water partition coefficient (Wildman–Crippen LogP) is 2.88. The molecular weight excluding hydrogens is 210 g/mol. The Labute approximate surface area is 103 Å². The van der Waals surface area contributed by atoms with Gasteiger partial charge in [-0.1, -0.05) is 31.9 Å². The van der Waals surface area contributed by atoms with Gasteiger partial charge >= 0.3 is 0 Å². The molecule has 0 bridgehead atoms. The summed E-state index contributed by atoms with van der Waals surface area (Å²) in [6.45, 7) is 13.7. The lowest BCUT2D eigenvalue weighted by Gasteiger charge is -2.23. The quantitative estimate of drug-likeness (QED) is 0.789. The molecule has 3 nitrogen and oxygen atoms in total. The van der Waals surface area contributed by atoms with Crippen molar-refractivity contribution in [3.05, 3.63) is 60.6 Å². The topological polar surface area (TPSA) is 30.3 Å². The van der Waals surface area contributed by atoms with Crippen LogP contribution in [0.2, 0.25) is 0 Å². The maximum absolute atomic E-state index is 8.08. The van der Waals surface area contributed by atoms with E-state index in [1.807, 2.05) is 38.1 Å². The summed E-state index contributed by atoms with van der Waals surface area (Å²) in [4.78, 5) is 3.60. The standard InChI is InChI=1S/C14H19N3/c1-7-9-13-12(8-2)10(3)16(5)11(4)14(15)17(13)6/h7-9,15H,2-4H2,1,5-6H3/b9-7-,15-14?. The summed E-state index contributed by atoms with van der Waals surface area (Å²) < 4.78 is 0. The first-order valence-corrected chi connectivity index (χ1v) is 5.39. The first-order valence-electron chi connectivity index (χ1n) is 5.39. The number of hydrogen-bond donors (Lipinski definition) is 1. The van der Waals surface area contributed by atoms with Gasteiger partial charge in [-0.25, -0.2) is 0 Å². The van der Waals surface area contributed by atoms with Gasteiger partial charge in [0.25, 0.3) is 0 Å². The fourth-order valence-corrected chi connectivity index (χ4v) is 1.73. The van der Waals surface area contributed by atoms with E-state index in [9.17, 15) is 0 Å². The largest absolute Gasteiger partial charge is 0.342 e. The number of hydrogen-bond acceptors (Lipinski definition) is 2. The molecule has 0 amide bonds. The summed E-state index contributed by atoms with van der Waals surface area (Å²) in [5, 5.41) is 8.08. The van der Waals surface area contributed by atoms with Gasteiger partial charge in [-0.15, -0.1) is 0 Å². The lowest BCUT2D eigenvalue weighted by atomic mass is 10.1. The molecule has 0 saturated carbocycles. The SMILES string of the molecule is C=CC1=C(/C=C\C)N(C)C(=N)C(=C)N(C)C1=C. The van der Waals surface area contributed by atoms with Crippen LogP contribution in [0.3, 0.4) is 0 Å². The van der Waals surface area contributed by atoms with Gasteiger partial charge in [-0.3, -0.25) is 5.41 Å². The molecule has 1 aliphatic heterocycles. The molecule has 0 radical (unpaired) electrons. The number of nitrogens with zero attached hydrogens (tertiary/aromatic N) is 2. The second-order valence-electron chi connectivity index (χ2n) is 3.86. The molecule has 0 aromatic carbocycles. The second kappa shape index (κ2) is 4.87. The minimum Gasteiger partial charge on any atom is -0.342 e. The summed E-state index contributed by atoms with van der Waals surface area (Å²) in [6.07, 6.45) is 5.64. The number of nitrogens with one attached hydrogen (secondary N) is 1. The van der Waals surface area contributed by atoms with Crippen molar-refractivity contribution in [2.45, 2.75) is 6.92 Å². The van der Waals surface area contributed by atoms with Crippen molar-refractivity contribution in [1.82, 2.24) is 9.80 Å². The number of amidine groups is 1. The average molecular weight is 229 g/mol. The highest BCUT2D eigenvalue weighted by molar-refractivity contribution is 5.97. The van der Waals surface area contributed by atoms with Crippen molar-refractivity contribution in [1.29, 1.82) is 5.41 Å². The molecule has 90 valence electrons. The molecule has 17 heavy (non-hydrogen) atoms. The van der Waals surface area contributed by atoms with E-state index < -0.39 is 0 Å². The van der Waals surface area contributed by atoms with E-state index in [0.717, 1.165) is 17.0 Å². The van der Waals surface area contributed by atoms with Gasteiger partial charge in [0.15, 0.2) is 0 Å². The summed E-state index contributed by atoms with van der Waals surface area (Å²) in [5.41, 5.74) is 3.24.